The Morgan fingerprint density at radius 1 is 0.559 bits per heavy atom. The van der Waals surface area contributed by atoms with E-state index in [4.69, 9.17) is 10.2 Å². The van der Waals surface area contributed by atoms with Crippen LogP contribution in [-0.2, 0) is 19.2 Å². The van der Waals surface area contributed by atoms with Crippen LogP contribution in [0.2, 0.25) is 0 Å². The fourth-order valence-electron chi connectivity index (χ4n) is 3.75. The molecule has 0 fully saturated rings. The lowest BCUT2D eigenvalue weighted by molar-refractivity contribution is -0.141. The van der Waals surface area contributed by atoms with Gasteiger partial charge in [-0.1, -0.05) is 77.6 Å². The minimum atomic E-state index is -0.786. The van der Waals surface area contributed by atoms with E-state index in [1.807, 2.05) is 0 Å². The predicted molar refractivity (Wildman–Crippen MR) is 134 cm³/mol. The molecule has 2 amide bonds. The summed E-state index contributed by atoms with van der Waals surface area (Å²) in [7, 11) is 0. The number of hydrogen-bond donors (Lipinski definition) is 4. The number of carboxylic acids is 2. The van der Waals surface area contributed by atoms with Crippen LogP contribution in [0, 0.1) is 5.92 Å². The Morgan fingerprint density at radius 3 is 1.50 bits per heavy atom. The van der Waals surface area contributed by atoms with Crippen LogP contribution in [0.25, 0.3) is 0 Å². The molecule has 0 aromatic carbocycles. The standard InChI is InChI=1S/C26H48N2O6/c1-22(26(33)34)16-14-15-20-27-24(30)19-21-28-23(29)17-12-10-8-6-4-2-3-5-7-9-11-13-18-25(31)32/h22H,2-21H2,1H3,(H,27,30)(H,28,29)(H,31,32)(H,33,34)/t22-/m0/s1. The summed E-state index contributed by atoms with van der Waals surface area (Å²) in [6.45, 7) is 2.57. The fourth-order valence-corrected chi connectivity index (χ4v) is 3.75. The molecular formula is C26H48N2O6. The molecule has 0 bridgehead atoms. The summed E-state index contributed by atoms with van der Waals surface area (Å²) < 4.78 is 0. The van der Waals surface area contributed by atoms with Gasteiger partial charge in [-0.25, -0.2) is 0 Å². The highest BCUT2D eigenvalue weighted by atomic mass is 16.4. The molecule has 0 saturated carbocycles. The lowest BCUT2D eigenvalue weighted by atomic mass is 10.0. The smallest absolute Gasteiger partial charge is 0.306 e. The molecule has 0 aliphatic heterocycles. The Hall–Kier alpha value is -2.12. The maximum Gasteiger partial charge on any atom is 0.306 e. The van der Waals surface area contributed by atoms with Crippen LogP contribution in [0.5, 0.6) is 0 Å². The predicted octanol–water partition coefficient (Wildman–Crippen LogP) is 5.05. The number of aliphatic carboxylic acids is 2. The molecular weight excluding hydrogens is 436 g/mol. The van der Waals surface area contributed by atoms with Gasteiger partial charge in [0, 0.05) is 32.4 Å². The third kappa shape index (κ3) is 23.1. The number of carbonyl (C=O) groups is 4. The van der Waals surface area contributed by atoms with Crippen molar-refractivity contribution in [2.75, 3.05) is 13.1 Å². The van der Waals surface area contributed by atoms with E-state index >= 15 is 0 Å². The Kier molecular flexibility index (Phi) is 21.2. The van der Waals surface area contributed by atoms with E-state index in [1.165, 1.54) is 38.5 Å². The summed E-state index contributed by atoms with van der Waals surface area (Å²) in [6.07, 6.45) is 16.6. The zero-order valence-corrected chi connectivity index (χ0v) is 21.2. The van der Waals surface area contributed by atoms with Crippen LogP contribution < -0.4 is 10.6 Å². The minimum Gasteiger partial charge on any atom is -0.481 e. The highest BCUT2D eigenvalue weighted by Gasteiger charge is 2.10. The molecule has 8 heteroatoms. The van der Waals surface area contributed by atoms with Gasteiger partial charge in [0.15, 0.2) is 0 Å². The molecule has 4 N–H and O–H groups in total. The van der Waals surface area contributed by atoms with Crippen LogP contribution in [0.4, 0.5) is 0 Å². The van der Waals surface area contributed by atoms with E-state index in [2.05, 4.69) is 10.6 Å². The highest BCUT2D eigenvalue weighted by Crippen LogP contribution is 2.13. The lowest BCUT2D eigenvalue weighted by Crippen LogP contribution is -2.31. The molecule has 0 aliphatic rings. The van der Waals surface area contributed by atoms with Crippen molar-refractivity contribution in [1.82, 2.24) is 10.6 Å². The van der Waals surface area contributed by atoms with E-state index in [1.54, 1.807) is 6.92 Å². The number of carboxylic acid groups (broad SMARTS) is 2. The number of carbonyl (C=O) groups excluding carboxylic acids is 2. The van der Waals surface area contributed by atoms with E-state index in [0.29, 0.717) is 25.9 Å². The lowest BCUT2D eigenvalue weighted by Gasteiger charge is -2.08. The number of amides is 2. The zero-order valence-electron chi connectivity index (χ0n) is 21.2. The van der Waals surface area contributed by atoms with Crippen molar-refractivity contribution >= 4 is 23.8 Å². The maximum atomic E-state index is 11.9. The quantitative estimate of drug-likeness (QED) is 0.142. The third-order valence-corrected chi connectivity index (χ3v) is 6.03. The SMILES string of the molecule is C[C@@H](CCCCNC(=O)CCNC(=O)CCCCCCCCCCCCCCC(=O)O)C(=O)O. The van der Waals surface area contributed by atoms with Crippen molar-refractivity contribution in [3.05, 3.63) is 0 Å². The van der Waals surface area contributed by atoms with Gasteiger partial charge in [0.25, 0.3) is 0 Å². The average Bonchev–Trinajstić information content (AvgIpc) is 2.78. The normalized spacial score (nSPS) is 11.7. The average molecular weight is 485 g/mol. The Bertz CT molecular complexity index is 567. The van der Waals surface area contributed by atoms with Crippen molar-refractivity contribution in [2.45, 2.75) is 122 Å². The molecule has 0 rings (SSSR count). The number of unbranched alkanes of at least 4 members (excludes halogenated alkanes) is 12. The molecule has 0 aliphatic carbocycles. The monoisotopic (exact) mass is 484 g/mol. The van der Waals surface area contributed by atoms with Crippen LogP contribution >= 0.6 is 0 Å². The first-order valence-corrected chi connectivity index (χ1v) is 13.3. The van der Waals surface area contributed by atoms with Crippen molar-refractivity contribution in [3.63, 3.8) is 0 Å². The van der Waals surface area contributed by atoms with Gasteiger partial charge in [-0.05, 0) is 25.7 Å². The largest absolute Gasteiger partial charge is 0.481 e. The molecule has 0 aromatic heterocycles. The van der Waals surface area contributed by atoms with Crippen LogP contribution in [0.15, 0.2) is 0 Å². The number of rotatable bonds is 24. The molecule has 34 heavy (non-hydrogen) atoms. The van der Waals surface area contributed by atoms with Gasteiger partial charge in [0.05, 0.1) is 5.92 Å². The van der Waals surface area contributed by atoms with Gasteiger partial charge in [-0.2, -0.15) is 0 Å². The van der Waals surface area contributed by atoms with Gasteiger partial charge < -0.3 is 20.8 Å². The second kappa shape index (κ2) is 22.7. The molecule has 0 saturated heterocycles. The van der Waals surface area contributed by atoms with Crippen molar-refractivity contribution in [2.24, 2.45) is 5.92 Å². The first-order valence-electron chi connectivity index (χ1n) is 13.3. The molecule has 0 heterocycles. The van der Waals surface area contributed by atoms with Gasteiger partial charge in [0.1, 0.15) is 0 Å². The second-order valence-electron chi connectivity index (χ2n) is 9.32. The summed E-state index contributed by atoms with van der Waals surface area (Å²) >= 11 is 0. The first-order chi connectivity index (χ1) is 16.3. The molecule has 1 atom stereocenters. The minimum absolute atomic E-state index is 0.00110. The Labute approximate surface area is 205 Å². The summed E-state index contributed by atoms with van der Waals surface area (Å²) in [5.74, 6) is -1.93. The van der Waals surface area contributed by atoms with Gasteiger partial charge in [-0.3, -0.25) is 19.2 Å². The van der Waals surface area contributed by atoms with E-state index in [-0.39, 0.29) is 30.6 Å². The van der Waals surface area contributed by atoms with Gasteiger partial charge in [0.2, 0.25) is 11.8 Å². The molecule has 0 aromatic rings. The van der Waals surface area contributed by atoms with E-state index in [9.17, 15) is 19.2 Å². The topological polar surface area (TPSA) is 133 Å². The Balaban J connectivity index is 3.35. The summed E-state index contributed by atoms with van der Waals surface area (Å²) in [5, 5.41) is 23.0. The van der Waals surface area contributed by atoms with Crippen LogP contribution in [0.3, 0.4) is 0 Å². The summed E-state index contributed by atoms with van der Waals surface area (Å²) in [5.41, 5.74) is 0. The van der Waals surface area contributed by atoms with Gasteiger partial charge >= 0.3 is 11.9 Å². The maximum absolute atomic E-state index is 11.9. The van der Waals surface area contributed by atoms with Crippen LogP contribution in [0.1, 0.15) is 122 Å². The zero-order chi connectivity index (χ0) is 25.4. The Morgan fingerprint density at radius 2 is 1.00 bits per heavy atom. The third-order valence-electron chi connectivity index (χ3n) is 6.03. The molecule has 8 nitrogen and oxygen atoms in total. The first kappa shape index (κ1) is 31.9. The molecule has 0 radical (unpaired) electrons. The van der Waals surface area contributed by atoms with Crippen molar-refractivity contribution < 1.29 is 29.4 Å². The second-order valence-corrected chi connectivity index (χ2v) is 9.32. The highest BCUT2D eigenvalue weighted by molar-refractivity contribution is 5.78. The summed E-state index contributed by atoms with van der Waals surface area (Å²) in [6, 6.07) is 0. The van der Waals surface area contributed by atoms with Gasteiger partial charge in [-0.15, -0.1) is 0 Å². The summed E-state index contributed by atoms with van der Waals surface area (Å²) in [4.78, 5) is 44.8. The molecule has 0 unspecified atom stereocenters. The van der Waals surface area contributed by atoms with Crippen molar-refractivity contribution in [3.8, 4) is 0 Å². The number of nitrogens with one attached hydrogen (secondary N) is 2. The number of hydrogen-bond acceptors (Lipinski definition) is 4. The molecule has 0 spiro atoms. The molecule has 198 valence electrons. The van der Waals surface area contributed by atoms with Crippen molar-refractivity contribution in [1.29, 1.82) is 0 Å². The van der Waals surface area contributed by atoms with E-state index in [0.717, 1.165) is 51.4 Å². The van der Waals surface area contributed by atoms with Crippen LogP contribution in [-0.4, -0.2) is 47.1 Å². The fraction of sp³-hybridized carbons (Fsp3) is 0.846. The van der Waals surface area contributed by atoms with E-state index < -0.39 is 11.9 Å².